The maximum absolute atomic E-state index is 13.1. The van der Waals surface area contributed by atoms with Gasteiger partial charge in [0.1, 0.15) is 11.8 Å². The van der Waals surface area contributed by atoms with E-state index in [0.29, 0.717) is 19.8 Å². The first kappa shape index (κ1) is 17.9. The molecule has 1 atom stereocenters. The predicted octanol–water partition coefficient (Wildman–Crippen LogP) is 2.10. The van der Waals surface area contributed by atoms with Gasteiger partial charge in [-0.25, -0.2) is 0 Å². The third-order valence-electron chi connectivity index (χ3n) is 5.10. The average Bonchev–Trinajstić information content (AvgIpc) is 2.74. The lowest BCUT2D eigenvalue weighted by Crippen LogP contribution is -2.45. The summed E-state index contributed by atoms with van der Waals surface area (Å²) in [7, 11) is 0. The van der Waals surface area contributed by atoms with E-state index in [0.717, 1.165) is 49.4 Å². The molecule has 1 fully saturated rings. The summed E-state index contributed by atoms with van der Waals surface area (Å²) in [5, 5.41) is 3.11. The van der Waals surface area contributed by atoms with Crippen LogP contribution in [0.3, 0.4) is 0 Å². The standard InChI is InChI=1S/C21H25N3O3/c25-21(23-14-16-5-6-19-17(13-16)4-2-10-27-19)20(18-3-1-7-22-15-18)24-8-11-26-12-9-24/h1,3,5-7,13,15,20H,2,4,8-12,14H2,(H,23,25)/t20-/m0/s1. The smallest absolute Gasteiger partial charge is 0.242 e. The molecule has 6 nitrogen and oxygen atoms in total. The number of aryl methyl sites for hydroxylation is 1. The normalized spacial score (nSPS) is 18.2. The Balaban J connectivity index is 1.46. The summed E-state index contributed by atoms with van der Waals surface area (Å²) in [5.41, 5.74) is 3.24. The molecule has 6 heteroatoms. The van der Waals surface area contributed by atoms with Crippen LogP contribution < -0.4 is 10.1 Å². The van der Waals surface area contributed by atoms with E-state index < -0.39 is 0 Å². The van der Waals surface area contributed by atoms with Crippen molar-refractivity contribution in [2.24, 2.45) is 0 Å². The minimum atomic E-state index is -0.344. The zero-order chi connectivity index (χ0) is 18.5. The lowest BCUT2D eigenvalue weighted by Gasteiger charge is -2.33. The molecule has 1 saturated heterocycles. The minimum Gasteiger partial charge on any atom is -0.493 e. The molecule has 2 aliphatic rings. The summed E-state index contributed by atoms with van der Waals surface area (Å²) in [5.74, 6) is 0.969. The summed E-state index contributed by atoms with van der Waals surface area (Å²) in [4.78, 5) is 19.4. The fourth-order valence-electron chi connectivity index (χ4n) is 3.71. The van der Waals surface area contributed by atoms with E-state index in [-0.39, 0.29) is 11.9 Å². The molecule has 0 spiro atoms. The molecule has 2 aliphatic heterocycles. The van der Waals surface area contributed by atoms with Crippen molar-refractivity contribution in [3.05, 3.63) is 59.4 Å². The molecule has 0 unspecified atom stereocenters. The highest BCUT2D eigenvalue weighted by molar-refractivity contribution is 5.83. The topological polar surface area (TPSA) is 63.7 Å². The molecule has 1 aromatic heterocycles. The van der Waals surface area contributed by atoms with Gasteiger partial charge in [-0.05, 0) is 41.7 Å². The van der Waals surface area contributed by atoms with Gasteiger partial charge in [-0.3, -0.25) is 14.7 Å². The largest absolute Gasteiger partial charge is 0.493 e. The summed E-state index contributed by atoms with van der Waals surface area (Å²) in [6.45, 7) is 4.07. The van der Waals surface area contributed by atoms with Gasteiger partial charge in [0, 0.05) is 32.0 Å². The second kappa shape index (κ2) is 8.50. The molecule has 4 rings (SSSR count). The highest BCUT2D eigenvalue weighted by atomic mass is 16.5. The van der Waals surface area contributed by atoms with Gasteiger partial charge in [-0.1, -0.05) is 18.2 Å². The highest BCUT2D eigenvalue weighted by Crippen LogP contribution is 2.26. The van der Waals surface area contributed by atoms with Gasteiger partial charge in [-0.15, -0.1) is 0 Å². The average molecular weight is 367 g/mol. The molecule has 1 amide bonds. The second-order valence-corrected chi connectivity index (χ2v) is 6.95. The van der Waals surface area contributed by atoms with Gasteiger partial charge >= 0.3 is 0 Å². The molecule has 0 saturated carbocycles. The van der Waals surface area contributed by atoms with Crippen LogP contribution in [0.2, 0.25) is 0 Å². The Kier molecular flexibility index (Phi) is 5.65. The predicted molar refractivity (Wildman–Crippen MR) is 101 cm³/mol. The van der Waals surface area contributed by atoms with Crippen molar-refractivity contribution in [3.63, 3.8) is 0 Å². The Morgan fingerprint density at radius 2 is 2.11 bits per heavy atom. The Hall–Kier alpha value is -2.44. The van der Waals surface area contributed by atoms with Crippen LogP contribution in [-0.4, -0.2) is 48.7 Å². The number of amides is 1. The molecule has 27 heavy (non-hydrogen) atoms. The van der Waals surface area contributed by atoms with Crippen molar-refractivity contribution in [2.75, 3.05) is 32.9 Å². The minimum absolute atomic E-state index is 0.00105. The number of hydrogen-bond donors (Lipinski definition) is 1. The van der Waals surface area contributed by atoms with E-state index in [4.69, 9.17) is 9.47 Å². The Bertz CT molecular complexity index is 775. The third kappa shape index (κ3) is 4.28. The van der Waals surface area contributed by atoms with E-state index in [2.05, 4.69) is 21.3 Å². The van der Waals surface area contributed by atoms with Gasteiger partial charge in [0.2, 0.25) is 5.91 Å². The number of pyridine rings is 1. The first-order valence-corrected chi connectivity index (χ1v) is 9.55. The van der Waals surface area contributed by atoms with Crippen molar-refractivity contribution >= 4 is 5.91 Å². The number of morpholine rings is 1. The van der Waals surface area contributed by atoms with E-state index in [1.165, 1.54) is 5.56 Å². The number of nitrogens with zero attached hydrogens (tertiary/aromatic N) is 2. The molecule has 142 valence electrons. The van der Waals surface area contributed by atoms with Crippen molar-refractivity contribution < 1.29 is 14.3 Å². The van der Waals surface area contributed by atoms with E-state index in [1.807, 2.05) is 24.3 Å². The van der Waals surface area contributed by atoms with Gasteiger partial charge < -0.3 is 14.8 Å². The van der Waals surface area contributed by atoms with Crippen molar-refractivity contribution in [1.29, 1.82) is 0 Å². The maximum atomic E-state index is 13.1. The van der Waals surface area contributed by atoms with Crippen molar-refractivity contribution in [2.45, 2.75) is 25.4 Å². The maximum Gasteiger partial charge on any atom is 0.242 e. The zero-order valence-corrected chi connectivity index (χ0v) is 15.4. The number of nitrogens with one attached hydrogen (secondary N) is 1. The fraction of sp³-hybridized carbons (Fsp3) is 0.429. The van der Waals surface area contributed by atoms with Gasteiger partial charge in [-0.2, -0.15) is 0 Å². The monoisotopic (exact) mass is 367 g/mol. The van der Waals surface area contributed by atoms with Gasteiger partial charge in [0.05, 0.1) is 19.8 Å². The summed E-state index contributed by atoms with van der Waals surface area (Å²) >= 11 is 0. The molecule has 0 radical (unpaired) electrons. The first-order valence-electron chi connectivity index (χ1n) is 9.55. The van der Waals surface area contributed by atoms with Crippen LogP contribution in [0, 0.1) is 0 Å². The molecular formula is C21H25N3O3. The molecule has 1 N–H and O–H groups in total. The molecule has 0 bridgehead atoms. The summed E-state index contributed by atoms with van der Waals surface area (Å²) < 4.78 is 11.1. The number of benzene rings is 1. The van der Waals surface area contributed by atoms with Crippen LogP contribution in [0.5, 0.6) is 5.75 Å². The number of ether oxygens (including phenoxy) is 2. The van der Waals surface area contributed by atoms with E-state index in [9.17, 15) is 4.79 Å². The second-order valence-electron chi connectivity index (χ2n) is 6.95. The summed E-state index contributed by atoms with van der Waals surface area (Å²) in [6, 6.07) is 9.67. The molecule has 0 aliphatic carbocycles. The van der Waals surface area contributed by atoms with Crippen LogP contribution in [0.1, 0.15) is 29.2 Å². The Morgan fingerprint density at radius 3 is 2.93 bits per heavy atom. The fourth-order valence-corrected chi connectivity index (χ4v) is 3.71. The Labute approximate surface area is 159 Å². The van der Waals surface area contributed by atoms with Gasteiger partial charge in [0.25, 0.3) is 0 Å². The SMILES string of the molecule is O=C(NCc1ccc2c(c1)CCCO2)[C@H](c1cccnc1)N1CCOCC1. The first-order chi connectivity index (χ1) is 13.3. The number of aromatic nitrogens is 1. The number of hydrogen-bond acceptors (Lipinski definition) is 5. The molecule has 3 heterocycles. The molecule has 1 aromatic carbocycles. The van der Waals surface area contributed by atoms with Gasteiger partial charge in [0.15, 0.2) is 0 Å². The lowest BCUT2D eigenvalue weighted by molar-refractivity contribution is -0.128. The number of carbonyl (C=O) groups excluding carboxylic acids is 1. The van der Waals surface area contributed by atoms with Crippen molar-refractivity contribution in [3.8, 4) is 5.75 Å². The van der Waals surface area contributed by atoms with Crippen LogP contribution >= 0.6 is 0 Å². The highest BCUT2D eigenvalue weighted by Gasteiger charge is 2.29. The van der Waals surface area contributed by atoms with Crippen LogP contribution in [0.15, 0.2) is 42.7 Å². The van der Waals surface area contributed by atoms with Crippen LogP contribution in [-0.2, 0) is 22.5 Å². The van der Waals surface area contributed by atoms with E-state index in [1.54, 1.807) is 12.4 Å². The molecule has 2 aromatic rings. The number of fused-ring (bicyclic) bond motifs is 1. The zero-order valence-electron chi connectivity index (χ0n) is 15.4. The lowest BCUT2D eigenvalue weighted by atomic mass is 10.0. The Morgan fingerprint density at radius 1 is 1.22 bits per heavy atom. The van der Waals surface area contributed by atoms with Crippen LogP contribution in [0.4, 0.5) is 0 Å². The third-order valence-corrected chi connectivity index (χ3v) is 5.10. The molecular weight excluding hydrogens is 342 g/mol. The van der Waals surface area contributed by atoms with Crippen molar-refractivity contribution in [1.82, 2.24) is 15.2 Å². The number of carbonyl (C=O) groups is 1. The van der Waals surface area contributed by atoms with E-state index >= 15 is 0 Å². The number of rotatable bonds is 5. The quantitative estimate of drug-likeness (QED) is 0.877. The van der Waals surface area contributed by atoms with Crippen LogP contribution in [0.25, 0.3) is 0 Å². The summed E-state index contributed by atoms with van der Waals surface area (Å²) in [6.07, 6.45) is 5.58.